The molecule has 0 saturated heterocycles. The van der Waals surface area contributed by atoms with Crippen LogP contribution in [0.25, 0.3) is 0 Å². The number of carbonyl (C=O) groups excluding carboxylic acids is 3. The topological polar surface area (TPSA) is 228 Å². The lowest BCUT2D eigenvalue weighted by atomic mass is 9.97. The summed E-state index contributed by atoms with van der Waals surface area (Å²) in [6, 6.07) is -5.47. The Labute approximate surface area is 173 Å². The molecule has 0 aromatic carbocycles. The third kappa shape index (κ3) is 9.15. The van der Waals surface area contributed by atoms with E-state index in [9.17, 15) is 34.2 Å². The number of hydrogen-bond donors (Lipinski definition) is 8. The Morgan fingerprint density at radius 3 is 1.87 bits per heavy atom. The van der Waals surface area contributed by atoms with Crippen LogP contribution in [-0.4, -0.2) is 87.5 Å². The minimum Gasteiger partial charge on any atom is -0.481 e. The number of carbonyl (C=O) groups is 5. The van der Waals surface area contributed by atoms with Gasteiger partial charge in [0.2, 0.25) is 17.7 Å². The van der Waals surface area contributed by atoms with Crippen molar-refractivity contribution in [1.29, 1.82) is 0 Å². The van der Waals surface area contributed by atoms with Crippen molar-refractivity contribution in [3.63, 3.8) is 0 Å². The van der Waals surface area contributed by atoms with Gasteiger partial charge in [-0.3, -0.25) is 19.2 Å². The zero-order valence-electron chi connectivity index (χ0n) is 16.8. The summed E-state index contributed by atoms with van der Waals surface area (Å²) in [6.45, 7) is 1.84. The molecule has 13 heteroatoms. The smallest absolute Gasteiger partial charge is 0.326 e. The quantitative estimate of drug-likeness (QED) is 0.136. The number of aliphatic hydroxyl groups is 2. The van der Waals surface area contributed by atoms with Gasteiger partial charge in [0.05, 0.1) is 13.2 Å². The number of hydrogen-bond acceptors (Lipinski definition) is 8. The van der Waals surface area contributed by atoms with E-state index in [1.54, 1.807) is 13.8 Å². The van der Waals surface area contributed by atoms with E-state index in [4.69, 9.17) is 15.9 Å². The lowest BCUT2D eigenvalue weighted by Gasteiger charge is -2.27. The first kappa shape index (κ1) is 27.2. The molecular weight excluding hydrogens is 404 g/mol. The van der Waals surface area contributed by atoms with Crippen molar-refractivity contribution in [2.24, 2.45) is 11.7 Å². The van der Waals surface area contributed by atoms with Gasteiger partial charge in [-0.05, 0) is 12.3 Å². The second-order valence-corrected chi connectivity index (χ2v) is 6.74. The summed E-state index contributed by atoms with van der Waals surface area (Å²) in [5, 5.41) is 42.8. The molecule has 172 valence electrons. The Bertz CT molecular complexity index is 628. The highest BCUT2D eigenvalue weighted by atomic mass is 16.4. The van der Waals surface area contributed by atoms with Gasteiger partial charge in [-0.25, -0.2) is 4.79 Å². The van der Waals surface area contributed by atoms with E-state index in [1.807, 2.05) is 0 Å². The van der Waals surface area contributed by atoms with Gasteiger partial charge in [0.15, 0.2) is 0 Å². The Hall–Kier alpha value is -2.77. The molecule has 0 aliphatic heterocycles. The maximum atomic E-state index is 12.6. The highest BCUT2D eigenvalue weighted by Gasteiger charge is 2.32. The highest BCUT2D eigenvalue weighted by Crippen LogP contribution is 2.10. The second kappa shape index (κ2) is 13.5. The fraction of sp³-hybridized carbons (Fsp3) is 0.706. The van der Waals surface area contributed by atoms with Gasteiger partial charge in [-0.1, -0.05) is 20.3 Å². The van der Waals surface area contributed by atoms with Crippen molar-refractivity contribution in [2.75, 3.05) is 13.2 Å². The number of aliphatic carboxylic acids is 2. The third-order valence-corrected chi connectivity index (χ3v) is 4.40. The summed E-state index contributed by atoms with van der Waals surface area (Å²) in [5.41, 5.74) is 5.33. The summed E-state index contributed by atoms with van der Waals surface area (Å²) in [7, 11) is 0. The molecule has 0 bridgehead atoms. The predicted molar refractivity (Wildman–Crippen MR) is 102 cm³/mol. The number of carboxylic acids is 2. The normalized spacial score (nSPS) is 15.8. The maximum absolute atomic E-state index is 12.6. The average Bonchev–Trinajstić information content (AvgIpc) is 2.70. The van der Waals surface area contributed by atoms with Gasteiger partial charge in [0.25, 0.3) is 0 Å². The standard InChI is InChI=1S/C17H30N4O9/c1-3-8(2)13(16(28)19-10(17(29)30)4-5-12(24)25)21-15(27)11(7-23)20-14(26)9(18)6-22/h8-11,13,22-23H,3-7,18H2,1-2H3,(H,19,28)(H,20,26)(H,21,27)(H,24,25)(H,29,30)/t8-,9-,10-,11-,13-/m0/s1. The minimum atomic E-state index is -1.48. The zero-order valence-corrected chi connectivity index (χ0v) is 16.8. The molecule has 0 rings (SSSR count). The van der Waals surface area contributed by atoms with E-state index in [0.29, 0.717) is 6.42 Å². The van der Waals surface area contributed by atoms with Crippen molar-refractivity contribution < 1.29 is 44.4 Å². The van der Waals surface area contributed by atoms with Gasteiger partial charge in [0, 0.05) is 6.42 Å². The van der Waals surface area contributed by atoms with Crippen LogP contribution in [0.1, 0.15) is 33.1 Å². The zero-order chi connectivity index (χ0) is 23.4. The molecular formula is C17H30N4O9. The van der Waals surface area contributed by atoms with Crippen LogP contribution in [0, 0.1) is 5.92 Å². The SMILES string of the molecule is CC[C@H](C)[C@H](NC(=O)[C@H](CO)NC(=O)[C@@H](N)CO)C(=O)N[C@@H](CCC(=O)O)C(=O)O. The van der Waals surface area contributed by atoms with Gasteiger partial charge in [-0.2, -0.15) is 0 Å². The van der Waals surface area contributed by atoms with E-state index in [0.717, 1.165) is 0 Å². The van der Waals surface area contributed by atoms with Crippen LogP contribution in [0.2, 0.25) is 0 Å². The van der Waals surface area contributed by atoms with Gasteiger partial charge >= 0.3 is 11.9 Å². The Morgan fingerprint density at radius 2 is 1.43 bits per heavy atom. The summed E-state index contributed by atoms with van der Waals surface area (Å²) in [6.07, 6.45) is -0.427. The number of carboxylic acid groups (broad SMARTS) is 2. The first-order chi connectivity index (χ1) is 14.0. The molecule has 13 nitrogen and oxygen atoms in total. The van der Waals surface area contributed by atoms with Crippen LogP contribution in [0.4, 0.5) is 0 Å². The molecule has 30 heavy (non-hydrogen) atoms. The van der Waals surface area contributed by atoms with Gasteiger partial charge < -0.3 is 42.1 Å². The molecule has 0 radical (unpaired) electrons. The number of nitrogens with two attached hydrogens (primary N) is 1. The highest BCUT2D eigenvalue weighted by molar-refractivity contribution is 5.94. The fourth-order valence-corrected chi connectivity index (χ4v) is 2.30. The molecule has 0 saturated carbocycles. The summed E-state index contributed by atoms with van der Waals surface area (Å²) < 4.78 is 0. The maximum Gasteiger partial charge on any atom is 0.326 e. The van der Waals surface area contributed by atoms with Crippen LogP contribution in [0.3, 0.4) is 0 Å². The number of nitrogens with one attached hydrogen (secondary N) is 3. The fourth-order valence-electron chi connectivity index (χ4n) is 2.30. The predicted octanol–water partition coefficient (Wildman–Crippen LogP) is -3.25. The van der Waals surface area contributed by atoms with E-state index in [1.165, 1.54) is 0 Å². The Balaban J connectivity index is 5.31. The van der Waals surface area contributed by atoms with Crippen LogP contribution in [0.15, 0.2) is 0 Å². The number of amides is 3. The van der Waals surface area contributed by atoms with Crippen molar-refractivity contribution in [3.05, 3.63) is 0 Å². The van der Waals surface area contributed by atoms with Crippen LogP contribution >= 0.6 is 0 Å². The molecule has 0 heterocycles. The van der Waals surface area contributed by atoms with Crippen molar-refractivity contribution in [1.82, 2.24) is 16.0 Å². The Kier molecular flexibility index (Phi) is 12.2. The second-order valence-electron chi connectivity index (χ2n) is 6.74. The molecule has 0 aliphatic carbocycles. The lowest BCUT2D eigenvalue weighted by molar-refractivity contribution is -0.143. The van der Waals surface area contributed by atoms with E-state index < -0.39 is 79.4 Å². The average molecular weight is 434 g/mol. The van der Waals surface area contributed by atoms with Crippen LogP contribution in [0.5, 0.6) is 0 Å². The molecule has 0 aromatic rings. The molecule has 0 unspecified atom stereocenters. The van der Waals surface area contributed by atoms with E-state index >= 15 is 0 Å². The van der Waals surface area contributed by atoms with E-state index in [-0.39, 0.29) is 6.42 Å². The van der Waals surface area contributed by atoms with Crippen molar-refractivity contribution in [3.8, 4) is 0 Å². The first-order valence-corrected chi connectivity index (χ1v) is 9.31. The Morgan fingerprint density at radius 1 is 0.867 bits per heavy atom. The molecule has 3 amide bonds. The minimum absolute atomic E-state index is 0.355. The third-order valence-electron chi connectivity index (χ3n) is 4.40. The molecule has 9 N–H and O–H groups in total. The summed E-state index contributed by atoms with van der Waals surface area (Å²) in [4.78, 5) is 58.7. The molecule has 0 fully saturated rings. The van der Waals surface area contributed by atoms with Crippen molar-refractivity contribution in [2.45, 2.75) is 57.3 Å². The van der Waals surface area contributed by atoms with Gasteiger partial charge in [-0.15, -0.1) is 0 Å². The van der Waals surface area contributed by atoms with Crippen LogP contribution < -0.4 is 21.7 Å². The van der Waals surface area contributed by atoms with Gasteiger partial charge in [0.1, 0.15) is 24.2 Å². The summed E-state index contributed by atoms with van der Waals surface area (Å²) >= 11 is 0. The molecule has 0 spiro atoms. The molecule has 0 aliphatic rings. The number of aliphatic hydroxyl groups excluding tert-OH is 2. The largest absolute Gasteiger partial charge is 0.481 e. The summed E-state index contributed by atoms with van der Waals surface area (Å²) in [5.74, 6) is -5.80. The lowest BCUT2D eigenvalue weighted by Crippen LogP contribution is -2.59. The van der Waals surface area contributed by atoms with Crippen molar-refractivity contribution >= 4 is 29.7 Å². The van der Waals surface area contributed by atoms with Crippen LogP contribution in [-0.2, 0) is 24.0 Å². The first-order valence-electron chi connectivity index (χ1n) is 9.31. The monoisotopic (exact) mass is 434 g/mol. The molecule has 5 atom stereocenters. The number of rotatable bonds is 14. The molecule has 0 aromatic heterocycles. The van der Waals surface area contributed by atoms with E-state index in [2.05, 4.69) is 16.0 Å².